The highest BCUT2D eigenvalue weighted by atomic mass is 32.2. The lowest BCUT2D eigenvalue weighted by Gasteiger charge is -2.47. The van der Waals surface area contributed by atoms with E-state index in [2.05, 4.69) is 36.5 Å². The first-order chi connectivity index (χ1) is 19.1. The summed E-state index contributed by atoms with van der Waals surface area (Å²) in [4.78, 5) is 59.2. The van der Waals surface area contributed by atoms with Crippen molar-refractivity contribution in [3.63, 3.8) is 0 Å². The molecule has 6 heterocycles. The van der Waals surface area contributed by atoms with E-state index in [0.29, 0.717) is 36.9 Å². The number of tetrazole rings is 1. The summed E-state index contributed by atoms with van der Waals surface area (Å²) in [6.07, 6.45) is 1.86. The van der Waals surface area contributed by atoms with Crippen molar-refractivity contribution >= 4 is 41.4 Å². The molecule has 3 fully saturated rings. The lowest BCUT2D eigenvalue weighted by Crippen LogP contribution is -2.66. The molecule has 6 rings (SSSR count). The van der Waals surface area contributed by atoms with Crippen LogP contribution in [-0.2, 0) is 25.7 Å². The number of carboxylic acid groups (broad SMARTS) is 1. The Kier molecular flexibility index (Phi) is 6.64. The molecule has 0 spiro atoms. The second-order valence-corrected chi connectivity index (χ2v) is 12.2. The summed E-state index contributed by atoms with van der Waals surface area (Å²) in [5.41, 5.74) is 5.74. The molecule has 0 radical (unpaired) electrons. The number of carbonyl (C=O) groups is 4. The SMILES string of the molecule is C[C@@H](NC(=O)Cn1cnnn1)[C@H]1C(=O)N2C(C(=O)O)=C(S[C@@H]3CN[C@H](C(=O)N4C[C@@H]5N=C(N)N[C@@H]5C4)C3)[C@H](C)[C@H]12. The van der Waals surface area contributed by atoms with Gasteiger partial charge in [0, 0.05) is 41.7 Å². The summed E-state index contributed by atoms with van der Waals surface area (Å²) in [5.74, 6) is -2.21. The number of fused-ring (bicyclic) bond motifs is 2. The Morgan fingerprint density at radius 2 is 2.12 bits per heavy atom. The van der Waals surface area contributed by atoms with Crippen LogP contribution in [0.15, 0.2) is 21.9 Å². The van der Waals surface area contributed by atoms with E-state index in [1.165, 1.54) is 27.7 Å². The number of amides is 3. The van der Waals surface area contributed by atoms with Gasteiger partial charge >= 0.3 is 5.97 Å². The number of aliphatic carboxylic acids is 1. The minimum absolute atomic E-state index is 0.000337. The van der Waals surface area contributed by atoms with Crippen molar-refractivity contribution < 1.29 is 24.3 Å². The first kappa shape index (κ1) is 26.5. The number of nitrogens with two attached hydrogens (primary N) is 1. The molecule has 3 saturated heterocycles. The van der Waals surface area contributed by atoms with E-state index >= 15 is 0 Å². The number of carboxylic acids is 1. The molecule has 40 heavy (non-hydrogen) atoms. The Morgan fingerprint density at radius 3 is 2.83 bits per heavy atom. The van der Waals surface area contributed by atoms with E-state index in [4.69, 9.17) is 5.73 Å². The highest BCUT2D eigenvalue weighted by Gasteiger charge is 2.60. The molecule has 3 amide bonds. The second-order valence-electron chi connectivity index (χ2n) is 10.9. The Balaban J connectivity index is 1.09. The van der Waals surface area contributed by atoms with Gasteiger partial charge in [-0.05, 0) is 23.8 Å². The van der Waals surface area contributed by atoms with Crippen LogP contribution in [-0.4, -0.2) is 120 Å². The van der Waals surface area contributed by atoms with Crippen molar-refractivity contribution in [2.45, 2.75) is 62.3 Å². The van der Waals surface area contributed by atoms with Gasteiger partial charge in [0.1, 0.15) is 18.6 Å². The maximum atomic E-state index is 13.2. The van der Waals surface area contributed by atoms with Gasteiger partial charge < -0.3 is 36.6 Å². The van der Waals surface area contributed by atoms with Crippen molar-refractivity contribution in [1.82, 2.24) is 46.0 Å². The molecule has 0 bridgehead atoms. The van der Waals surface area contributed by atoms with Crippen molar-refractivity contribution in [2.75, 3.05) is 19.6 Å². The minimum Gasteiger partial charge on any atom is -0.477 e. The van der Waals surface area contributed by atoms with Crippen molar-refractivity contribution in [1.29, 1.82) is 0 Å². The first-order valence-electron chi connectivity index (χ1n) is 13.2. The summed E-state index contributed by atoms with van der Waals surface area (Å²) in [6.45, 7) is 5.17. The van der Waals surface area contributed by atoms with Crippen LogP contribution in [0, 0.1) is 11.8 Å². The number of nitrogens with one attached hydrogen (secondary N) is 3. The topological polar surface area (TPSA) is 213 Å². The van der Waals surface area contributed by atoms with Gasteiger partial charge in [-0.2, -0.15) is 0 Å². The Labute approximate surface area is 233 Å². The predicted molar refractivity (Wildman–Crippen MR) is 140 cm³/mol. The quantitative estimate of drug-likeness (QED) is 0.196. The average Bonchev–Trinajstić information content (AvgIpc) is 3.70. The highest BCUT2D eigenvalue weighted by Crippen LogP contribution is 2.51. The second kappa shape index (κ2) is 10.0. The number of β-lactam (4-membered cyclic amide) rings is 1. The van der Waals surface area contributed by atoms with Crippen molar-refractivity contribution in [2.24, 2.45) is 22.6 Å². The molecule has 214 valence electrons. The van der Waals surface area contributed by atoms with Crippen LogP contribution in [0.3, 0.4) is 0 Å². The van der Waals surface area contributed by atoms with Crippen LogP contribution < -0.4 is 21.7 Å². The van der Waals surface area contributed by atoms with Crippen molar-refractivity contribution in [3.05, 3.63) is 16.9 Å². The van der Waals surface area contributed by atoms with E-state index < -0.39 is 17.9 Å². The standard InChI is InChI=1S/C23H31N11O5S/c1-9-17-16(10(2)27-15(35)7-33-8-26-30-31-33)21(37)34(17)18(22(38)39)19(9)40-11-3-12(25-4-11)20(36)32-5-13-14(6-32)29-23(24)28-13/h8-14,16-17,25H,3-7H2,1-2H3,(H,27,35)(H,38,39)(H3,24,28,29)/t9-,10-,11+,12+,13-,14+,16-,17-/m1/s1. The monoisotopic (exact) mass is 573 g/mol. The normalized spacial score (nSPS) is 33.3. The predicted octanol–water partition coefficient (Wildman–Crippen LogP) is -3.09. The minimum atomic E-state index is -1.16. The zero-order valence-electron chi connectivity index (χ0n) is 21.9. The van der Waals surface area contributed by atoms with Gasteiger partial charge in [-0.1, -0.05) is 6.92 Å². The van der Waals surface area contributed by atoms with E-state index in [1.807, 2.05) is 6.92 Å². The van der Waals surface area contributed by atoms with E-state index in [9.17, 15) is 24.3 Å². The van der Waals surface area contributed by atoms with Gasteiger partial charge in [-0.15, -0.1) is 16.9 Å². The molecule has 6 N–H and O–H groups in total. The molecule has 0 unspecified atom stereocenters. The number of thioether (sulfide) groups is 1. The van der Waals surface area contributed by atoms with Crippen LogP contribution in [0.4, 0.5) is 0 Å². The number of aliphatic imine (C=N–C) groups is 1. The number of carbonyl (C=O) groups excluding carboxylic acids is 3. The van der Waals surface area contributed by atoms with Crippen LogP contribution in [0.25, 0.3) is 0 Å². The van der Waals surface area contributed by atoms with Crippen LogP contribution >= 0.6 is 11.8 Å². The first-order valence-corrected chi connectivity index (χ1v) is 14.1. The molecular weight excluding hydrogens is 542 g/mol. The zero-order chi connectivity index (χ0) is 28.3. The number of rotatable bonds is 8. The summed E-state index contributed by atoms with van der Waals surface area (Å²) in [7, 11) is 0. The van der Waals surface area contributed by atoms with Crippen LogP contribution in [0.1, 0.15) is 20.3 Å². The lowest BCUT2D eigenvalue weighted by atomic mass is 9.78. The molecule has 17 heteroatoms. The molecule has 5 aliphatic heterocycles. The number of hydrogen-bond acceptors (Lipinski definition) is 12. The largest absolute Gasteiger partial charge is 0.477 e. The number of aromatic nitrogens is 4. The maximum Gasteiger partial charge on any atom is 0.353 e. The number of guanidine groups is 1. The van der Waals surface area contributed by atoms with E-state index in [1.54, 1.807) is 11.8 Å². The number of hydrogen-bond donors (Lipinski definition) is 5. The molecule has 1 aromatic heterocycles. The summed E-state index contributed by atoms with van der Waals surface area (Å²) in [5, 5.41) is 29.9. The fraction of sp³-hybridized carbons (Fsp3) is 0.652. The fourth-order valence-corrected chi connectivity index (χ4v) is 7.99. The van der Waals surface area contributed by atoms with E-state index in [0.717, 1.165) is 0 Å². The third-order valence-corrected chi connectivity index (χ3v) is 9.85. The molecule has 1 aromatic rings. The lowest BCUT2D eigenvalue weighted by molar-refractivity contribution is -0.158. The summed E-state index contributed by atoms with van der Waals surface area (Å²) in [6, 6.07) is -1.24. The maximum absolute atomic E-state index is 13.2. The van der Waals surface area contributed by atoms with Crippen molar-refractivity contribution in [3.8, 4) is 0 Å². The Bertz CT molecular complexity index is 1300. The third-order valence-electron chi connectivity index (χ3n) is 8.34. The van der Waals surface area contributed by atoms with Crippen LogP contribution in [0.5, 0.6) is 0 Å². The Morgan fingerprint density at radius 1 is 1.32 bits per heavy atom. The molecule has 0 saturated carbocycles. The van der Waals surface area contributed by atoms with Gasteiger partial charge in [0.15, 0.2) is 5.96 Å². The van der Waals surface area contributed by atoms with Crippen LogP contribution in [0.2, 0.25) is 0 Å². The van der Waals surface area contributed by atoms with Gasteiger partial charge in [0.05, 0.1) is 30.1 Å². The third kappa shape index (κ3) is 4.46. The van der Waals surface area contributed by atoms with Gasteiger partial charge in [0.2, 0.25) is 17.7 Å². The molecule has 16 nitrogen and oxygen atoms in total. The smallest absolute Gasteiger partial charge is 0.353 e. The molecule has 0 aliphatic carbocycles. The molecule has 0 aromatic carbocycles. The number of nitrogens with zero attached hydrogens (tertiary/aromatic N) is 7. The van der Waals surface area contributed by atoms with Gasteiger partial charge in [-0.25, -0.2) is 14.5 Å². The van der Waals surface area contributed by atoms with Gasteiger partial charge in [0.25, 0.3) is 0 Å². The Hall–Kier alpha value is -3.73. The highest BCUT2D eigenvalue weighted by molar-refractivity contribution is 8.03. The van der Waals surface area contributed by atoms with Gasteiger partial charge in [-0.3, -0.25) is 14.4 Å². The summed E-state index contributed by atoms with van der Waals surface area (Å²) >= 11 is 1.43. The fourth-order valence-electron chi connectivity index (χ4n) is 6.51. The molecule has 5 aliphatic rings. The number of likely N-dealkylation sites (tertiary alicyclic amines) is 1. The molecule has 8 atom stereocenters. The zero-order valence-corrected chi connectivity index (χ0v) is 22.7. The summed E-state index contributed by atoms with van der Waals surface area (Å²) < 4.78 is 1.28. The van der Waals surface area contributed by atoms with E-state index in [-0.39, 0.29) is 65.3 Å². The molecular formula is C23H31N11O5S. The average molecular weight is 574 g/mol.